The number of rotatable bonds is 9. The Kier molecular flexibility index (Phi) is 11.0. The van der Waals surface area contributed by atoms with Gasteiger partial charge in [0.25, 0.3) is 0 Å². The summed E-state index contributed by atoms with van der Waals surface area (Å²) in [6.45, 7) is 10.5. The molecule has 2 rings (SSSR count). The monoisotopic (exact) mass is 478 g/mol. The second-order valence-electron chi connectivity index (χ2n) is 8.54. The van der Waals surface area contributed by atoms with E-state index in [1.165, 1.54) is 7.11 Å². The topological polar surface area (TPSA) is 109 Å². The standard InChI is InChI=1S/C24H38N4O4S/c1-6-7-8-9-19(16(4)15(2)3)26-22(30)18-11-13-33-23(18)28-21(29)17-10-12-25-20(14-17)27-24(31)32-5/h6-7,17-18,20,23,25H,2,8-14H2,1,3-5H3,(H,26,30)(H,27,31)(H,28,29). The van der Waals surface area contributed by atoms with Crippen LogP contribution in [-0.2, 0) is 14.3 Å². The molecule has 8 nitrogen and oxygen atoms in total. The average molecular weight is 479 g/mol. The summed E-state index contributed by atoms with van der Waals surface area (Å²) in [6, 6.07) is 0. The molecular formula is C24H38N4O4S. The minimum atomic E-state index is -0.528. The Balaban J connectivity index is 1.99. The van der Waals surface area contributed by atoms with Gasteiger partial charge in [0, 0.05) is 11.6 Å². The molecule has 4 atom stereocenters. The van der Waals surface area contributed by atoms with Crippen LogP contribution in [0.5, 0.6) is 0 Å². The third-order valence-electron chi connectivity index (χ3n) is 6.13. The fourth-order valence-corrected chi connectivity index (χ4v) is 5.30. The predicted octanol–water partition coefficient (Wildman–Crippen LogP) is 3.19. The number of nitrogens with one attached hydrogen (secondary N) is 4. The van der Waals surface area contributed by atoms with Gasteiger partial charge in [-0.1, -0.05) is 24.3 Å². The Bertz CT molecular complexity index is 795. The first-order valence-corrected chi connectivity index (χ1v) is 12.6. The maximum Gasteiger partial charge on any atom is 0.408 e. The number of amides is 3. The van der Waals surface area contributed by atoms with E-state index >= 15 is 0 Å². The van der Waals surface area contributed by atoms with Gasteiger partial charge in [-0.3, -0.25) is 14.9 Å². The third kappa shape index (κ3) is 8.23. The number of alkyl carbamates (subject to hydrolysis) is 1. The zero-order chi connectivity index (χ0) is 24.4. The summed E-state index contributed by atoms with van der Waals surface area (Å²) in [5.41, 5.74) is 2.82. The van der Waals surface area contributed by atoms with E-state index in [1.54, 1.807) is 11.8 Å². The summed E-state index contributed by atoms with van der Waals surface area (Å²) < 4.78 is 4.64. The number of hydrogen-bond acceptors (Lipinski definition) is 6. The van der Waals surface area contributed by atoms with Gasteiger partial charge >= 0.3 is 6.09 Å². The Labute approximate surface area is 201 Å². The van der Waals surface area contributed by atoms with Gasteiger partial charge < -0.3 is 20.7 Å². The van der Waals surface area contributed by atoms with Crippen molar-refractivity contribution in [3.05, 3.63) is 35.6 Å². The van der Waals surface area contributed by atoms with Crippen LogP contribution in [0.25, 0.3) is 0 Å². The first-order valence-electron chi connectivity index (χ1n) is 11.5. The lowest BCUT2D eigenvalue weighted by Gasteiger charge is -2.31. The molecule has 2 fully saturated rings. The van der Waals surface area contributed by atoms with Crippen LogP contribution in [0.4, 0.5) is 4.79 Å². The molecule has 0 aromatic carbocycles. The van der Waals surface area contributed by atoms with Gasteiger partial charge in [0.05, 0.1) is 24.6 Å². The lowest BCUT2D eigenvalue weighted by molar-refractivity contribution is -0.128. The molecule has 0 bridgehead atoms. The number of allylic oxidation sites excluding steroid dienone is 5. The fraction of sp³-hybridized carbons (Fsp3) is 0.625. The van der Waals surface area contributed by atoms with Crippen LogP contribution in [-0.4, -0.2) is 48.9 Å². The van der Waals surface area contributed by atoms with E-state index < -0.39 is 6.09 Å². The summed E-state index contributed by atoms with van der Waals surface area (Å²) in [6.07, 6.45) is 6.68. The summed E-state index contributed by atoms with van der Waals surface area (Å²) in [5.74, 6) is 0.155. The first-order chi connectivity index (χ1) is 15.8. The third-order valence-corrected chi connectivity index (χ3v) is 7.41. The Morgan fingerprint density at radius 1 is 1.18 bits per heavy atom. The van der Waals surface area contributed by atoms with Crippen molar-refractivity contribution in [2.45, 2.75) is 64.4 Å². The average Bonchev–Trinajstić information content (AvgIpc) is 3.26. The largest absolute Gasteiger partial charge is 0.453 e. The molecule has 0 aliphatic carbocycles. The number of piperidine rings is 1. The van der Waals surface area contributed by atoms with E-state index in [4.69, 9.17) is 0 Å². The molecule has 0 aromatic rings. The highest BCUT2D eigenvalue weighted by Gasteiger charge is 2.37. The molecule has 2 aliphatic rings. The van der Waals surface area contributed by atoms with Gasteiger partial charge in [-0.15, -0.1) is 11.8 Å². The lowest BCUT2D eigenvalue weighted by Crippen LogP contribution is -2.53. The van der Waals surface area contributed by atoms with Gasteiger partial charge in [-0.25, -0.2) is 4.79 Å². The minimum absolute atomic E-state index is 0.0584. The SMILES string of the molecule is C=C(C)C(C)=C(CCC=CC)NC(=O)C1CCSC1NC(=O)C1CCNC(NC(=O)OC)C1. The minimum Gasteiger partial charge on any atom is -0.453 e. The van der Waals surface area contributed by atoms with Crippen LogP contribution in [0, 0.1) is 11.8 Å². The van der Waals surface area contributed by atoms with Crippen molar-refractivity contribution in [3.63, 3.8) is 0 Å². The van der Waals surface area contributed by atoms with E-state index in [-0.39, 0.29) is 35.2 Å². The van der Waals surface area contributed by atoms with Crippen LogP contribution >= 0.6 is 11.8 Å². The molecule has 184 valence electrons. The maximum absolute atomic E-state index is 13.2. The van der Waals surface area contributed by atoms with Gasteiger partial charge in [0.2, 0.25) is 11.8 Å². The van der Waals surface area contributed by atoms with Crippen molar-refractivity contribution >= 4 is 29.7 Å². The number of hydrogen-bond donors (Lipinski definition) is 4. The van der Waals surface area contributed by atoms with Crippen LogP contribution in [0.15, 0.2) is 35.6 Å². The lowest BCUT2D eigenvalue weighted by atomic mass is 9.94. The summed E-state index contributed by atoms with van der Waals surface area (Å²) in [4.78, 5) is 37.6. The normalized spacial score (nSPS) is 25.8. The molecule has 0 aromatic heterocycles. The summed E-state index contributed by atoms with van der Waals surface area (Å²) >= 11 is 1.61. The molecule has 0 saturated carbocycles. The van der Waals surface area contributed by atoms with E-state index in [0.717, 1.165) is 35.4 Å². The van der Waals surface area contributed by atoms with Crippen LogP contribution in [0.1, 0.15) is 52.9 Å². The van der Waals surface area contributed by atoms with E-state index in [1.807, 2.05) is 26.8 Å². The zero-order valence-corrected chi connectivity index (χ0v) is 21.0. The van der Waals surface area contributed by atoms with Gasteiger partial charge in [-0.2, -0.15) is 0 Å². The number of thioether (sulfide) groups is 1. The molecule has 3 amide bonds. The molecule has 4 unspecified atom stereocenters. The number of carbonyl (C=O) groups excluding carboxylic acids is 3. The van der Waals surface area contributed by atoms with Crippen LogP contribution in [0.2, 0.25) is 0 Å². The molecular weight excluding hydrogens is 440 g/mol. The fourth-order valence-electron chi connectivity index (χ4n) is 3.96. The molecule has 33 heavy (non-hydrogen) atoms. The van der Waals surface area contributed by atoms with Crippen molar-refractivity contribution < 1.29 is 19.1 Å². The Morgan fingerprint density at radius 3 is 2.61 bits per heavy atom. The number of carbonyl (C=O) groups is 3. The molecule has 2 aliphatic heterocycles. The van der Waals surface area contributed by atoms with Gasteiger partial charge in [0.15, 0.2) is 0 Å². The molecule has 4 N–H and O–H groups in total. The van der Waals surface area contributed by atoms with Crippen molar-refractivity contribution in [1.82, 2.24) is 21.3 Å². The van der Waals surface area contributed by atoms with Gasteiger partial charge in [-0.05, 0) is 70.7 Å². The predicted molar refractivity (Wildman–Crippen MR) is 132 cm³/mol. The van der Waals surface area contributed by atoms with Crippen molar-refractivity contribution in [2.24, 2.45) is 11.8 Å². The highest BCUT2D eigenvalue weighted by atomic mass is 32.2. The van der Waals surface area contributed by atoms with Crippen LogP contribution < -0.4 is 21.3 Å². The zero-order valence-electron chi connectivity index (χ0n) is 20.2. The summed E-state index contributed by atoms with van der Waals surface area (Å²) in [7, 11) is 1.31. The molecule has 0 spiro atoms. The highest BCUT2D eigenvalue weighted by molar-refractivity contribution is 8.00. The second-order valence-corrected chi connectivity index (χ2v) is 9.79. The number of methoxy groups -OCH3 is 1. The van der Waals surface area contributed by atoms with Crippen molar-refractivity contribution in [2.75, 3.05) is 19.4 Å². The highest BCUT2D eigenvalue weighted by Crippen LogP contribution is 2.32. The van der Waals surface area contributed by atoms with Crippen molar-refractivity contribution in [1.29, 1.82) is 0 Å². The van der Waals surface area contributed by atoms with E-state index in [0.29, 0.717) is 25.8 Å². The quantitative estimate of drug-likeness (QED) is 0.299. The smallest absolute Gasteiger partial charge is 0.408 e. The Hall–Kier alpha value is -2.26. The molecule has 0 radical (unpaired) electrons. The Morgan fingerprint density at radius 2 is 1.94 bits per heavy atom. The second kappa shape index (κ2) is 13.4. The first kappa shape index (κ1) is 27.0. The van der Waals surface area contributed by atoms with E-state index in [2.05, 4.69) is 38.7 Å². The maximum atomic E-state index is 13.2. The van der Waals surface area contributed by atoms with Crippen LogP contribution in [0.3, 0.4) is 0 Å². The van der Waals surface area contributed by atoms with E-state index in [9.17, 15) is 14.4 Å². The van der Waals surface area contributed by atoms with Crippen molar-refractivity contribution in [3.8, 4) is 0 Å². The number of ether oxygens (including phenoxy) is 1. The molecule has 2 heterocycles. The molecule has 9 heteroatoms. The summed E-state index contributed by atoms with van der Waals surface area (Å²) in [5, 5.41) is 11.8. The molecule has 2 saturated heterocycles. The van der Waals surface area contributed by atoms with Gasteiger partial charge in [0.1, 0.15) is 0 Å².